The van der Waals surface area contributed by atoms with Gasteiger partial charge in [0, 0.05) is 33.3 Å². The Morgan fingerprint density at radius 2 is 1.85 bits per heavy atom. The molecule has 1 fully saturated rings. The molecule has 0 N–H and O–H groups in total. The number of hydrogen-bond donors (Lipinski definition) is 0. The van der Waals surface area contributed by atoms with Crippen LogP contribution in [0.5, 0.6) is 0 Å². The summed E-state index contributed by atoms with van der Waals surface area (Å²) in [5.74, 6) is 0.0886. The fourth-order valence-electron chi connectivity index (χ4n) is 4.12. The maximum atomic E-state index is 13.3. The number of carbonyl (C=O) groups is 2. The molecule has 0 saturated heterocycles. The summed E-state index contributed by atoms with van der Waals surface area (Å²) < 4.78 is 0. The minimum atomic E-state index is -0.554. The first-order chi connectivity index (χ1) is 12.0. The van der Waals surface area contributed by atoms with Crippen molar-refractivity contribution < 1.29 is 9.59 Å². The van der Waals surface area contributed by atoms with Gasteiger partial charge in [-0.25, -0.2) is 0 Å². The van der Waals surface area contributed by atoms with Crippen LogP contribution in [0.3, 0.4) is 0 Å². The molecule has 1 aliphatic carbocycles. The van der Waals surface area contributed by atoms with E-state index in [2.05, 4.69) is 31.8 Å². The second kappa shape index (κ2) is 7.37. The number of aryl methyl sites for hydroxylation is 1. The molecule has 0 bridgehead atoms. The van der Waals surface area contributed by atoms with E-state index in [4.69, 9.17) is 0 Å². The predicted octanol–water partition coefficient (Wildman–Crippen LogP) is 3.13. The van der Waals surface area contributed by atoms with Crippen molar-refractivity contribution in [3.8, 4) is 0 Å². The van der Waals surface area contributed by atoms with Crippen molar-refractivity contribution >= 4 is 11.8 Å². The first-order valence-corrected chi connectivity index (χ1v) is 9.45. The highest BCUT2D eigenvalue weighted by Gasteiger charge is 2.58. The summed E-state index contributed by atoms with van der Waals surface area (Å²) in [5.41, 5.74) is 1.13. The highest BCUT2D eigenvalue weighted by atomic mass is 16.2. The van der Waals surface area contributed by atoms with Gasteiger partial charge in [-0.15, -0.1) is 0 Å². The Morgan fingerprint density at radius 3 is 2.35 bits per heavy atom. The van der Waals surface area contributed by atoms with Gasteiger partial charge in [-0.2, -0.15) is 0 Å². The second-order valence-electron chi connectivity index (χ2n) is 8.55. The second-order valence-corrected chi connectivity index (χ2v) is 8.55. The van der Waals surface area contributed by atoms with Gasteiger partial charge >= 0.3 is 0 Å². The summed E-state index contributed by atoms with van der Waals surface area (Å²) in [5, 5.41) is 0. The van der Waals surface area contributed by atoms with E-state index >= 15 is 0 Å². The summed E-state index contributed by atoms with van der Waals surface area (Å²) in [6.45, 7) is 8.72. The molecule has 2 atom stereocenters. The quantitative estimate of drug-likeness (QED) is 0.811. The van der Waals surface area contributed by atoms with E-state index in [0.717, 1.165) is 25.0 Å². The molecule has 0 radical (unpaired) electrons. The third-order valence-corrected chi connectivity index (χ3v) is 6.48. The summed E-state index contributed by atoms with van der Waals surface area (Å²) >= 11 is 0. The standard InChI is InChI=1S/C21H33N3O2/c1-8-15-9-10-16(22-13-15)14-24(7)19(26)21(4)12-11-17(20(21,2)3)18(25)23(5)6/h9-10,13,17H,8,11-12,14H2,1-7H3/t17?,21-/m1/s1. The molecule has 2 rings (SSSR count). The Kier molecular flexibility index (Phi) is 5.79. The molecule has 1 aliphatic rings. The van der Waals surface area contributed by atoms with E-state index in [-0.39, 0.29) is 23.1 Å². The molecule has 5 nitrogen and oxygen atoms in total. The molecular weight excluding hydrogens is 326 g/mol. The van der Waals surface area contributed by atoms with Crippen molar-refractivity contribution in [1.29, 1.82) is 0 Å². The smallest absolute Gasteiger partial charge is 0.229 e. The van der Waals surface area contributed by atoms with E-state index in [1.54, 1.807) is 23.9 Å². The number of amides is 2. The van der Waals surface area contributed by atoms with Gasteiger partial charge in [0.2, 0.25) is 11.8 Å². The van der Waals surface area contributed by atoms with Gasteiger partial charge < -0.3 is 9.80 Å². The highest BCUT2D eigenvalue weighted by molar-refractivity contribution is 5.87. The Morgan fingerprint density at radius 1 is 1.19 bits per heavy atom. The van der Waals surface area contributed by atoms with Crippen molar-refractivity contribution in [3.05, 3.63) is 29.6 Å². The lowest BCUT2D eigenvalue weighted by atomic mass is 9.64. The number of pyridine rings is 1. The zero-order chi connectivity index (χ0) is 19.7. The third-order valence-electron chi connectivity index (χ3n) is 6.48. The molecule has 1 unspecified atom stereocenters. The first-order valence-electron chi connectivity index (χ1n) is 9.45. The average Bonchev–Trinajstić information content (AvgIpc) is 2.84. The lowest BCUT2D eigenvalue weighted by molar-refractivity contribution is -0.149. The van der Waals surface area contributed by atoms with Crippen LogP contribution in [0, 0.1) is 16.7 Å². The summed E-state index contributed by atoms with van der Waals surface area (Å²) in [6.07, 6.45) is 4.31. The van der Waals surface area contributed by atoms with E-state index in [0.29, 0.717) is 6.54 Å². The van der Waals surface area contributed by atoms with Gasteiger partial charge in [-0.05, 0) is 36.3 Å². The van der Waals surface area contributed by atoms with Crippen LogP contribution in [0.4, 0.5) is 0 Å². The van der Waals surface area contributed by atoms with Crippen molar-refractivity contribution in [2.45, 2.75) is 53.5 Å². The molecule has 0 aliphatic heterocycles. The molecule has 5 heteroatoms. The maximum absolute atomic E-state index is 13.3. The molecule has 144 valence electrons. The molecule has 1 heterocycles. The Balaban J connectivity index is 2.17. The normalized spacial score (nSPS) is 24.3. The molecule has 0 aromatic carbocycles. The maximum Gasteiger partial charge on any atom is 0.229 e. The summed E-state index contributed by atoms with van der Waals surface area (Å²) in [4.78, 5) is 33.8. The molecular formula is C21H33N3O2. The molecule has 2 amide bonds. The first kappa shape index (κ1) is 20.4. The molecule has 1 aromatic rings. The van der Waals surface area contributed by atoms with Crippen LogP contribution in [-0.2, 0) is 22.6 Å². The SMILES string of the molecule is CCc1ccc(CN(C)C(=O)[C@@]2(C)CCC(C(=O)N(C)C)C2(C)C)nc1. The highest BCUT2D eigenvalue weighted by Crippen LogP contribution is 2.57. The topological polar surface area (TPSA) is 53.5 Å². The Bertz CT molecular complexity index is 666. The Hall–Kier alpha value is -1.91. The van der Waals surface area contributed by atoms with Crippen LogP contribution in [0.2, 0.25) is 0 Å². The van der Waals surface area contributed by atoms with Gasteiger partial charge in [0.15, 0.2) is 0 Å². The van der Waals surface area contributed by atoms with Gasteiger partial charge in [-0.1, -0.05) is 33.8 Å². The molecule has 0 spiro atoms. The Labute approximate surface area is 157 Å². The van der Waals surface area contributed by atoms with E-state index in [1.165, 1.54) is 5.56 Å². The largest absolute Gasteiger partial charge is 0.349 e. The van der Waals surface area contributed by atoms with Gasteiger partial charge in [0.25, 0.3) is 0 Å². The number of rotatable bonds is 5. The average molecular weight is 360 g/mol. The molecule has 1 saturated carbocycles. The van der Waals surface area contributed by atoms with Crippen molar-refractivity contribution in [2.75, 3.05) is 21.1 Å². The summed E-state index contributed by atoms with van der Waals surface area (Å²) in [6, 6.07) is 4.05. The lowest BCUT2D eigenvalue weighted by Gasteiger charge is -2.42. The molecule has 1 aromatic heterocycles. The minimum absolute atomic E-state index is 0.0953. The van der Waals surface area contributed by atoms with Gasteiger partial charge in [-0.3, -0.25) is 14.6 Å². The lowest BCUT2D eigenvalue weighted by Crippen LogP contribution is -2.49. The van der Waals surface area contributed by atoms with Gasteiger partial charge in [0.1, 0.15) is 0 Å². The zero-order valence-electron chi connectivity index (χ0n) is 17.3. The minimum Gasteiger partial charge on any atom is -0.349 e. The van der Waals surface area contributed by atoms with Crippen LogP contribution in [0.15, 0.2) is 18.3 Å². The van der Waals surface area contributed by atoms with Crippen molar-refractivity contribution in [2.24, 2.45) is 16.7 Å². The zero-order valence-corrected chi connectivity index (χ0v) is 17.3. The van der Waals surface area contributed by atoms with Crippen LogP contribution < -0.4 is 0 Å². The monoisotopic (exact) mass is 359 g/mol. The number of nitrogens with zero attached hydrogens (tertiary/aromatic N) is 3. The van der Waals surface area contributed by atoms with Crippen LogP contribution in [0.25, 0.3) is 0 Å². The predicted molar refractivity (Wildman–Crippen MR) is 103 cm³/mol. The van der Waals surface area contributed by atoms with Crippen molar-refractivity contribution in [3.63, 3.8) is 0 Å². The van der Waals surface area contributed by atoms with Crippen molar-refractivity contribution in [1.82, 2.24) is 14.8 Å². The number of carbonyl (C=O) groups excluding carboxylic acids is 2. The van der Waals surface area contributed by atoms with E-state index in [9.17, 15) is 9.59 Å². The van der Waals surface area contributed by atoms with Gasteiger partial charge in [0.05, 0.1) is 17.7 Å². The number of aromatic nitrogens is 1. The van der Waals surface area contributed by atoms with E-state index in [1.807, 2.05) is 26.2 Å². The third kappa shape index (κ3) is 3.49. The fourth-order valence-corrected chi connectivity index (χ4v) is 4.12. The molecule has 26 heavy (non-hydrogen) atoms. The van der Waals surface area contributed by atoms with E-state index < -0.39 is 5.41 Å². The van der Waals surface area contributed by atoms with Crippen LogP contribution >= 0.6 is 0 Å². The van der Waals surface area contributed by atoms with Crippen LogP contribution in [0.1, 0.15) is 51.8 Å². The van der Waals surface area contributed by atoms with Crippen LogP contribution in [-0.4, -0.2) is 47.7 Å². The number of hydrogen-bond acceptors (Lipinski definition) is 3. The fraction of sp³-hybridized carbons (Fsp3) is 0.667. The summed E-state index contributed by atoms with van der Waals surface area (Å²) in [7, 11) is 5.40.